The van der Waals surface area contributed by atoms with Crippen LogP contribution < -0.4 is 10.0 Å². The van der Waals surface area contributed by atoms with Crippen LogP contribution in [0.3, 0.4) is 0 Å². The Kier molecular flexibility index (Phi) is 5.50. The number of benzene rings is 1. The maximum atomic E-state index is 13.2. The van der Waals surface area contributed by atoms with E-state index in [2.05, 4.69) is 30.9 Å². The van der Waals surface area contributed by atoms with Gasteiger partial charge in [-0.2, -0.15) is 0 Å². The molecule has 0 bridgehead atoms. The van der Waals surface area contributed by atoms with E-state index in [1.807, 2.05) is 0 Å². The monoisotopic (exact) mass is 365 g/mol. The van der Waals surface area contributed by atoms with Crippen LogP contribution in [-0.4, -0.2) is 52.6 Å². The van der Waals surface area contributed by atoms with E-state index in [1.165, 1.54) is 12.1 Å². The van der Waals surface area contributed by atoms with E-state index in [9.17, 15) is 12.8 Å². The number of nitrogens with one attached hydrogen (secondary N) is 2. The van der Waals surface area contributed by atoms with Crippen molar-refractivity contribution in [2.45, 2.75) is 4.90 Å². The summed E-state index contributed by atoms with van der Waals surface area (Å²) in [5.41, 5.74) is 0. The maximum absolute atomic E-state index is 13.2. The Balaban J connectivity index is 1.95. The van der Waals surface area contributed by atoms with Crippen LogP contribution in [0.1, 0.15) is 0 Å². The van der Waals surface area contributed by atoms with E-state index in [1.54, 1.807) is 0 Å². The van der Waals surface area contributed by atoms with Crippen molar-refractivity contribution in [3.8, 4) is 0 Å². The number of hydrogen-bond acceptors (Lipinski definition) is 4. The fraction of sp³-hybridized carbons (Fsp3) is 0.500. The number of rotatable bonds is 5. The van der Waals surface area contributed by atoms with Crippen molar-refractivity contribution in [2.75, 3.05) is 39.3 Å². The predicted octanol–water partition coefficient (Wildman–Crippen LogP) is 0.772. The fourth-order valence-electron chi connectivity index (χ4n) is 2.03. The molecule has 8 heteroatoms. The highest BCUT2D eigenvalue weighted by Gasteiger charge is 2.18. The van der Waals surface area contributed by atoms with Crippen LogP contribution in [0.5, 0.6) is 0 Å². The lowest BCUT2D eigenvalue weighted by Crippen LogP contribution is -2.46. The standard InChI is InChI=1S/C12H17BrFN3O2S/c13-11-2-1-10(14)9-12(11)20(18,19)16-5-8-17-6-3-15-4-7-17/h1-2,9,15-16H,3-8H2. The molecule has 1 aromatic carbocycles. The highest BCUT2D eigenvalue weighted by molar-refractivity contribution is 9.10. The SMILES string of the molecule is O=S(=O)(NCCN1CCNCC1)c1cc(F)ccc1Br. The lowest BCUT2D eigenvalue weighted by atomic mass is 10.3. The first-order valence-corrected chi connectivity index (χ1v) is 8.64. The van der Waals surface area contributed by atoms with Crippen LogP contribution in [-0.2, 0) is 10.0 Å². The number of hydrogen-bond donors (Lipinski definition) is 2. The van der Waals surface area contributed by atoms with Crippen LogP contribution in [0.15, 0.2) is 27.6 Å². The summed E-state index contributed by atoms with van der Waals surface area (Å²) in [6.45, 7) is 4.61. The highest BCUT2D eigenvalue weighted by atomic mass is 79.9. The lowest BCUT2D eigenvalue weighted by molar-refractivity contribution is 0.245. The summed E-state index contributed by atoms with van der Waals surface area (Å²) < 4.78 is 40.2. The average Bonchev–Trinajstić information content (AvgIpc) is 2.42. The van der Waals surface area contributed by atoms with Gasteiger partial charge >= 0.3 is 0 Å². The third kappa shape index (κ3) is 4.23. The molecule has 0 spiro atoms. The van der Waals surface area contributed by atoms with E-state index in [4.69, 9.17) is 0 Å². The molecule has 5 nitrogen and oxygen atoms in total. The minimum atomic E-state index is -3.69. The van der Waals surface area contributed by atoms with E-state index in [0.717, 1.165) is 32.2 Å². The predicted molar refractivity (Wildman–Crippen MR) is 78.6 cm³/mol. The van der Waals surface area contributed by atoms with Gasteiger partial charge in [0.2, 0.25) is 10.0 Å². The first-order valence-electron chi connectivity index (χ1n) is 6.37. The van der Waals surface area contributed by atoms with E-state index in [-0.39, 0.29) is 4.90 Å². The molecule has 0 saturated carbocycles. The molecule has 1 heterocycles. The highest BCUT2D eigenvalue weighted by Crippen LogP contribution is 2.22. The number of piperazine rings is 1. The zero-order valence-corrected chi connectivity index (χ0v) is 13.3. The first kappa shape index (κ1) is 15.8. The molecule has 1 aliphatic heterocycles. The maximum Gasteiger partial charge on any atom is 0.241 e. The molecule has 1 aromatic rings. The van der Waals surface area contributed by atoms with Crippen LogP contribution in [0.25, 0.3) is 0 Å². The Hall–Kier alpha value is -0.540. The molecule has 0 aliphatic carbocycles. The minimum absolute atomic E-state index is 0.0715. The van der Waals surface area contributed by atoms with E-state index < -0.39 is 15.8 Å². The normalized spacial score (nSPS) is 17.3. The van der Waals surface area contributed by atoms with Gasteiger partial charge in [0.15, 0.2) is 0 Å². The van der Waals surface area contributed by atoms with Crippen molar-refractivity contribution in [1.29, 1.82) is 0 Å². The second kappa shape index (κ2) is 6.95. The number of nitrogens with zero attached hydrogens (tertiary/aromatic N) is 1. The largest absolute Gasteiger partial charge is 0.314 e. The third-order valence-electron chi connectivity index (χ3n) is 3.11. The van der Waals surface area contributed by atoms with Gasteiger partial charge < -0.3 is 5.32 Å². The van der Waals surface area contributed by atoms with Gasteiger partial charge in [-0.05, 0) is 34.1 Å². The van der Waals surface area contributed by atoms with Gasteiger partial charge in [0, 0.05) is 43.7 Å². The molecule has 1 fully saturated rings. The van der Waals surface area contributed by atoms with Crippen molar-refractivity contribution in [1.82, 2.24) is 14.9 Å². The van der Waals surface area contributed by atoms with Gasteiger partial charge in [0.1, 0.15) is 5.82 Å². The Morgan fingerprint density at radius 2 is 2.05 bits per heavy atom. The lowest BCUT2D eigenvalue weighted by Gasteiger charge is -2.27. The smallest absolute Gasteiger partial charge is 0.241 e. The molecule has 112 valence electrons. The fourth-order valence-corrected chi connectivity index (χ4v) is 4.03. The zero-order valence-electron chi connectivity index (χ0n) is 10.9. The molecule has 0 amide bonds. The Labute approximate surface area is 126 Å². The quantitative estimate of drug-likeness (QED) is 0.808. The van der Waals surface area contributed by atoms with E-state index >= 15 is 0 Å². The second-order valence-corrected chi connectivity index (χ2v) is 7.15. The second-order valence-electron chi connectivity index (χ2n) is 4.56. The van der Waals surface area contributed by atoms with Gasteiger partial charge in [-0.25, -0.2) is 17.5 Å². The molecule has 20 heavy (non-hydrogen) atoms. The molecule has 0 unspecified atom stereocenters. The summed E-state index contributed by atoms with van der Waals surface area (Å²) in [6.07, 6.45) is 0. The average molecular weight is 366 g/mol. The third-order valence-corrected chi connectivity index (χ3v) is 5.57. The Morgan fingerprint density at radius 1 is 1.35 bits per heavy atom. The Bertz CT molecular complexity index is 562. The molecule has 0 radical (unpaired) electrons. The summed E-state index contributed by atoms with van der Waals surface area (Å²) >= 11 is 3.13. The van der Waals surface area contributed by atoms with Crippen LogP contribution in [0.4, 0.5) is 4.39 Å². The van der Waals surface area contributed by atoms with Gasteiger partial charge in [0.05, 0.1) is 4.90 Å². The van der Waals surface area contributed by atoms with E-state index in [0.29, 0.717) is 17.6 Å². The molecular formula is C12H17BrFN3O2S. The molecule has 2 rings (SSSR count). The topological polar surface area (TPSA) is 61.4 Å². The minimum Gasteiger partial charge on any atom is -0.314 e. The summed E-state index contributed by atoms with van der Waals surface area (Å²) in [4.78, 5) is 2.11. The van der Waals surface area contributed by atoms with Crippen molar-refractivity contribution in [3.05, 3.63) is 28.5 Å². The van der Waals surface area contributed by atoms with Crippen LogP contribution in [0, 0.1) is 5.82 Å². The molecule has 1 saturated heterocycles. The summed E-state index contributed by atoms with van der Waals surface area (Å²) in [6, 6.07) is 3.61. The molecular weight excluding hydrogens is 349 g/mol. The first-order chi connectivity index (χ1) is 9.49. The van der Waals surface area contributed by atoms with Crippen LogP contribution in [0.2, 0.25) is 0 Å². The van der Waals surface area contributed by atoms with Crippen molar-refractivity contribution < 1.29 is 12.8 Å². The molecule has 0 aromatic heterocycles. The van der Waals surface area contributed by atoms with Crippen LogP contribution >= 0.6 is 15.9 Å². The number of sulfonamides is 1. The van der Waals surface area contributed by atoms with Gasteiger partial charge in [-0.15, -0.1) is 0 Å². The van der Waals surface area contributed by atoms with Crippen molar-refractivity contribution in [2.24, 2.45) is 0 Å². The van der Waals surface area contributed by atoms with Gasteiger partial charge in [0.25, 0.3) is 0 Å². The molecule has 1 aliphatic rings. The summed E-state index contributed by atoms with van der Waals surface area (Å²) in [5.74, 6) is -0.573. The summed E-state index contributed by atoms with van der Waals surface area (Å²) in [5, 5.41) is 3.23. The van der Waals surface area contributed by atoms with Crippen molar-refractivity contribution >= 4 is 26.0 Å². The Morgan fingerprint density at radius 3 is 2.75 bits per heavy atom. The molecule has 2 N–H and O–H groups in total. The van der Waals surface area contributed by atoms with Crippen molar-refractivity contribution in [3.63, 3.8) is 0 Å². The van der Waals surface area contributed by atoms with Gasteiger partial charge in [-0.1, -0.05) is 0 Å². The summed E-state index contributed by atoms with van der Waals surface area (Å²) in [7, 11) is -3.69. The zero-order chi connectivity index (χ0) is 14.6. The van der Waals surface area contributed by atoms with Gasteiger partial charge in [-0.3, -0.25) is 4.90 Å². The molecule has 0 atom stereocenters. The number of halogens is 2.